The Kier molecular flexibility index (Phi) is 5.40. The number of piperazine rings is 1. The van der Waals surface area contributed by atoms with Gasteiger partial charge in [0.1, 0.15) is 0 Å². The van der Waals surface area contributed by atoms with Crippen molar-refractivity contribution in [2.45, 2.75) is 51.5 Å². The summed E-state index contributed by atoms with van der Waals surface area (Å²) >= 11 is 0. The maximum atomic E-state index is 5.82. The summed E-state index contributed by atoms with van der Waals surface area (Å²) in [4.78, 5) is 0. The van der Waals surface area contributed by atoms with E-state index in [1.807, 2.05) is 0 Å². The van der Waals surface area contributed by atoms with Gasteiger partial charge >= 0.3 is 0 Å². The largest absolute Gasteiger partial charge is 0.315 e. The Balaban J connectivity index is 2.27. The van der Waals surface area contributed by atoms with Crippen molar-refractivity contribution in [2.24, 2.45) is 5.73 Å². The molecule has 1 saturated heterocycles. The van der Waals surface area contributed by atoms with E-state index in [1.54, 1.807) is 0 Å². The van der Waals surface area contributed by atoms with Gasteiger partial charge in [-0.05, 0) is 19.4 Å². The van der Waals surface area contributed by atoms with Crippen molar-refractivity contribution in [3.05, 3.63) is 0 Å². The highest BCUT2D eigenvalue weighted by atomic mass is 15.3. The predicted octanol–water partition coefficient (Wildman–Crippen LogP) is -0.0416. The molecule has 0 bridgehead atoms. The molecule has 0 aromatic heterocycles. The minimum absolute atomic E-state index is 0.101. The smallest absolute Gasteiger partial charge is 0.0731 e. The van der Waals surface area contributed by atoms with Gasteiger partial charge in [-0.1, -0.05) is 20.3 Å². The Hall–Kier alpha value is -0.160. The SMILES string of the molecule is CCCCNC1NCC(N)NC1CC. The van der Waals surface area contributed by atoms with E-state index in [9.17, 15) is 0 Å². The fourth-order valence-corrected chi connectivity index (χ4v) is 1.83. The number of hydrogen-bond donors (Lipinski definition) is 4. The summed E-state index contributed by atoms with van der Waals surface area (Å²) in [6.07, 6.45) is 4.06. The summed E-state index contributed by atoms with van der Waals surface area (Å²) in [5, 5.41) is 10.3. The van der Waals surface area contributed by atoms with Crippen LogP contribution in [0.2, 0.25) is 0 Å². The van der Waals surface area contributed by atoms with Crippen LogP contribution in [0.3, 0.4) is 0 Å². The molecule has 0 saturated carbocycles. The molecule has 1 aliphatic rings. The van der Waals surface area contributed by atoms with Crippen LogP contribution in [-0.2, 0) is 0 Å². The van der Waals surface area contributed by atoms with E-state index in [2.05, 4.69) is 29.8 Å². The van der Waals surface area contributed by atoms with Crippen LogP contribution in [0.4, 0.5) is 0 Å². The van der Waals surface area contributed by atoms with Crippen LogP contribution in [-0.4, -0.2) is 31.5 Å². The lowest BCUT2D eigenvalue weighted by atomic mass is 10.1. The highest BCUT2D eigenvalue weighted by Crippen LogP contribution is 2.02. The quantitative estimate of drug-likeness (QED) is 0.470. The third kappa shape index (κ3) is 3.53. The normalized spacial score (nSPS) is 33.2. The number of nitrogens with one attached hydrogen (secondary N) is 3. The molecule has 0 aromatic carbocycles. The highest BCUT2D eigenvalue weighted by Gasteiger charge is 2.25. The predicted molar refractivity (Wildman–Crippen MR) is 59.9 cm³/mol. The molecule has 14 heavy (non-hydrogen) atoms. The van der Waals surface area contributed by atoms with Crippen molar-refractivity contribution < 1.29 is 0 Å². The van der Waals surface area contributed by atoms with Gasteiger partial charge in [0.15, 0.2) is 0 Å². The molecule has 0 spiro atoms. The molecule has 84 valence electrons. The van der Waals surface area contributed by atoms with Gasteiger partial charge in [-0.15, -0.1) is 0 Å². The molecule has 1 heterocycles. The molecule has 3 atom stereocenters. The lowest BCUT2D eigenvalue weighted by Crippen LogP contribution is -2.67. The topological polar surface area (TPSA) is 62.1 Å². The second-order valence-corrected chi connectivity index (χ2v) is 3.98. The molecule has 1 aliphatic heterocycles. The van der Waals surface area contributed by atoms with Gasteiger partial charge in [-0.25, -0.2) is 0 Å². The van der Waals surface area contributed by atoms with Gasteiger partial charge in [0.25, 0.3) is 0 Å². The first-order valence-electron chi connectivity index (χ1n) is 5.76. The number of hydrogen-bond acceptors (Lipinski definition) is 4. The summed E-state index contributed by atoms with van der Waals surface area (Å²) in [5.41, 5.74) is 5.82. The van der Waals surface area contributed by atoms with Gasteiger partial charge in [0.2, 0.25) is 0 Å². The van der Waals surface area contributed by atoms with Crippen molar-refractivity contribution >= 4 is 0 Å². The molecule has 3 unspecified atom stereocenters. The summed E-state index contributed by atoms with van der Waals surface area (Å²) in [6.45, 7) is 6.33. The van der Waals surface area contributed by atoms with E-state index in [1.165, 1.54) is 12.8 Å². The van der Waals surface area contributed by atoms with Crippen LogP contribution in [0.5, 0.6) is 0 Å². The minimum atomic E-state index is 0.101. The van der Waals surface area contributed by atoms with Crippen LogP contribution in [0.25, 0.3) is 0 Å². The van der Waals surface area contributed by atoms with E-state index in [0.29, 0.717) is 12.2 Å². The average Bonchev–Trinajstić information content (AvgIpc) is 2.20. The van der Waals surface area contributed by atoms with Crippen LogP contribution >= 0.6 is 0 Å². The van der Waals surface area contributed by atoms with Crippen molar-refractivity contribution in [3.8, 4) is 0 Å². The summed E-state index contributed by atoms with van der Waals surface area (Å²) in [7, 11) is 0. The number of rotatable bonds is 5. The van der Waals surface area contributed by atoms with Crippen LogP contribution in [0.1, 0.15) is 33.1 Å². The Morgan fingerprint density at radius 3 is 2.86 bits per heavy atom. The van der Waals surface area contributed by atoms with Crippen molar-refractivity contribution in [1.29, 1.82) is 0 Å². The first kappa shape index (κ1) is 11.9. The summed E-state index contributed by atoms with van der Waals surface area (Å²) < 4.78 is 0. The molecular weight excluding hydrogens is 176 g/mol. The highest BCUT2D eigenvalue weighted by molar-refractivity contribution is 4.87. The minimum Gasteiger partial charge on any atom is -0.315 e. The summed E-state index contributed by atoms with van der Waals surface area (Å²) in [6, 6.07) is 0.454. The average molecular weight is 200 g/mol. The molecular formula is C10H24N4. The van der Waals surface area contributed by atoms with E-state index >= 15 is 0 Å². The van der Waals surface area contributed by atoms with E-state index < -0.39 is 0 Å². The second kappa shape index (κ2) is 6.35. The Morgan fingerprint density at radius 2 is 2.21 bits per heavy atom. The Labute approximate surface area is 87.0 Å². The Bertz CT molecular complexity index is 151. The monoisotopic (exact) mass is 200 g/mol. The third-order valence-electron chi connectivity index (χ3n) is 2.72. The standard InChI is InChI=1S/C10H24N4/c1-3-5-6-12-10-8(4-2)14-9(11)7-13-10/h8-10,12-14H,3-7,11H2,1-2H3. The van der Waals surface area contributed by atoms with Gasteiger partial charge in [-0.3, -0.25) is 10.6 Å². The maximum Gasteiger partial charge on any atom is 0.0731 e. The lowest BCUT2D eigenvalue weighted by molar-refractivity contribution is 0.231. The zero-order valence-corrected chi connectivity index (χ0v) is 9.34. The zero-order valence-electron chi connectivity index (χ0n) is 9.34. The molecule has 0 amide bonds. The van der Waals surface area contributed by atoms with Gasteiger partial charge < -0.3 is 11.1 Å². The summed E-state index contributed by atoms with van der Waals surface area (Å²) in [5.74, 6) is 0. The fraction of sp³-hybridized carbons (Fsp3) is 1.00. The van der Waals surface area contributed by atoms with Gasteiger partial charge in [0, 0.05) is 12.6 Å². The molecule has 1 fully saturated rings. The second-order valence-electron chi connectivity index (χ2n) is 3.98. The third-order valence-corrected chi connectivity index (χ3v) is 2.72. The molecule has 1 rings (SSSR count). The van der Waals surface area contributed by atoms with Gasteiger partial charge in [0.05, 0.1) is 12.3 Å². The van der Waals surface area contributed by atoms with E-state index in [4.69, 9.17) is 5.73 Å². The van der Waals surface area contributed by atoms with E-state index in [0.717, 1.165) is 19.5 Å². The first-order valence-corrected chi connectivity index (χ1v) is 5.76. The fourth-order valence-electron chi connectivity index (χ4n) is 1.83. The molecule has 0 aliphatic carbocycles. The molecule has 5 N–H and O–H groups in total. The Morgan fingerprint density at radius 1 is 1.43 bits per heavy atom. The molecule has 4 nitrogen and oxygen atoms in total. The number of unbranched alkanes of at least 4 members (excludes halogenated alkanes) is 1. The molecule has 0 radical (unpaired) electrons. The van der Waals surface area contributed by atoms with Crippen LogP contribution in [0.15, 0.2) is 0 Å². The van der Waals surface area contributed by atoms with Gasteiger partial charge in [-0.2, -0.15) is 0 Å². The van der Waals surface area contributed by atoms with Crippen LogP contribution in [0, 0.1) is 0 Å². The maximum absolute atomic E-state index is 5.82. The van der Waals surface area contributed by atoms with E-state index in [-0.39, 0.29) is 6.17 Å². The molecule has 4 heteroatoms. The molecule has 0 aromatic rings. The van der Waals surface area contributed by atoms with Crippen molar-refractivity contribution in [2.75, 3.05) is 13.1 Å². The lowest BCUT2D eigenvalue weighted by Gasteiger charge is -2.37. The van der Waals surface area contributed by atoms with Crippen LogP contribution < -0.4 is 21.7 Å². The zero-order chi connectivity index (χ0) is 10.4. The van der Waals surface area contributed by atoms with Crippen molar-refractivity contribution in [1.82, 2.24) is 16.0 Å². The number of nitrogens with two attached hydrogens (primary N) is 1. The van der Waals surface area contributed by atoms with Crippen molar-refractivity contribution in [3.63, 3.8) is 0 Å². The first-order chi connectivity index (χ1) is 6.77.